The monoisotopic (exact) mass is 898 g/mol. The van der Waals surface area contributed by atoms with E-state index in [1.807, 2.05) is 84.6 Å². The number of aromatic amines is 2. The molecular formula is C52H50N8O7. The van der Waals surface area contributed by atoms with Crippen LogP contribution in [0.5, 0.6) is 0 Å². The fraction of sp³-hybridized carbons (Fsp3) is 0.250. The van der Waals surface area contributed by atoms with Gasteiger partial charge in [-0.25, -0.2) is 4.79 Å². The SMILES string of the molecule is Cc1ccccc1C1c2c(n[nH]c2C(C)(C)C)C(=O)N1c1ccc(-c2cc(C(=O)O)no2)cc1.Cc1ccccc1C1c2c(n[nH]c2C(C)(C)C)C(=O)N1c1ccc(-c2cc(CO)no2)cc1. The number of hydrogen-bond donors (Lipinski definition) is 4. The first-order chi connectivity index (χ1) is 32.0. The molecule has 4 N–H and O–H groups in total. The van der Waals surface area contributed by atoms with Crippen LogP contribution in [0.25, 0.3) is 22.6 Å². The number of nitrogens with one attached hydrogen (secondary N) is 2. The van der Waals surface area contributed by atoms with E-state index in [1.165, 1.54) is 6.07 Å². The smallest absolute Gasteiger partial charge is 0.358 e. The summed E-state index contributed by atoms with van der Waals surface area (Å²) in [5.74, 6) is -0.540. The largest absolute Gasteiger partial charge is 0.476 e. The number of hydrogen-bond acceptors (Lipinski definition) is 10. The zero-order valence-electron chi connectivity index (χ0n) is 38.4. The first kappa shape index (κ1) is 44.3. The van der Waals surface area contributed by atoms with Gasteiger partial charge in [0.2, 0.25) is 0 Å². The molecule has 0 aliphatic carbocycles. The number of carboxylic acid groups (broad SMARTS) is 1. The summed E-state index contributed by atoms with van der Waals surface area (Å²) in [6, 6.07) is 33.5. The van der Waals surface area contributed by atoms with Crippen LogP contribution in [-0.2, 0) is 17.4 Å². The Labute approximate surface area is 386 Å². The molecule has 8 aromatic rings. The van der Waals surface area contributed by atoms with E-state index in [4.69, 9.17) is 14.2 Å². The maximum atomic E-state index is 13.6. The number of benzene rings is 4. The zero-order valence-corrected chi connectivity index (χ0v) is 38.4. The average Bonchev–Trinajstić information content (AvgIpc) is 4.16. The summed E-state index contributed by atoms with van der Waals surface area (Å²) in [7, 11) is 0. The van der Waals surface area contributed by atoms with Crippen molar-refractivity contribution in [1.82, 2.24) is 30.7 Å². The van der Waals surface area contributed by atoms with E-state index in [2.05, 4.69) is 91.3 Å². The summed E-state index contributed by atoms with van der Waals surface area (Å²) in [5, 5.41) is 40.8. The molecule has 0 saturated heterocycles. The minimum Gasteiger partial charge on any atom is -0.476 e. The molecule has 67 heavy (non-hydrogen) atoms. The molecule has 2 unspecified atom stereocenters. The highest BCUT2D eigenvalue weighted by molar-refractivity contribution is 6.11. The minimum atomic E-state index is -1.15. The zero-order chi connectivity index (χ0) is 47.5. The Morgan fingerprint density at radius 3 is 1.42 bits per heavy atom. The van der Waals surface area contributed by atoms with Crippen LogP contribution in [0, 0.1) is 13.8 Å². The number of carboxylic acids is 1. The molecule has 2 aliphatic heterocycles. The molecule has 4 aromatic heterocycles. The molecule has 0 spiro atoms. The van der Waals surface area contributed by atoms with Crippen molar-refractivity contribution in [2.75, 3.05) is 9.80 Å². The van der Waals surface area contributed by atoms with Crippen LogP contribution >= 0.6 is 0 Å². The van der Waals surface area contributed by atoms with Crippen LogP contribution in [0.1, 0.15) is 136 Å². The highest BCUT2D eigenvalue weighted by atomic mass is 16.5. The van der Waals surface area contributed by atoms with Crippen LogP contribution in [0.15, 0.2) is 118 Å². The van der Waals surface area contributed by atoms with Gasteiger partial charge >= 0.3 is 5.97 Å². The summed E-state index contributed by atoms with van der Waals surface area (Å²) < 4.78 is 10.5. The van der Waals surface area contributed by atoms with Crippen LogP contribution < -0.4 is 9.80 Å². The molecule has 340 valence electrons. The fourth-order valence-electron chi connectivity index (χ4n) is 8.94. The van der Waals surface area contributed by atoms with E-state index in [1.54, 1.807) is 23.1 Å². The number of aliphatic hydroxyl groups excluding tert-OH is 1. The Morgan fingerprint density at radius 2 is 1.04 bits per heavy atom. The standard InChI is InChI=1S/C26H24N4O4.C26H26N4O3/c1-14-7-5-6-8-17(14)22-20-21(27-28-23(20)26(2,3)4)24(31)30(22)16-11-9-15(10-12-16)19-13-18(25(32)33)29-34-19;1-15-7-5-6-8-19(15)23-21-22(27-28-24(21)26(2,3)4)25(32)30(23)18-11-9-16(10-12-18)20-13-17(14-31)29-33-20/h5-13,22H,1-4H3,(H,27,28)(H,32,33);5-13,23,31H,14H2,1-4H3,(H,27,28). The molecule has 2 atom stereocenters. The van der Waals surface area contributed by atoms with Crippen molar-refractivity contribution < 1.29 is 33.6 Å². The molecule has 2 aliphatic rings. The van der Waals surface area contributed by atoms with Crippen LogP contribution in [0.3, 0.4) is 0 Å². The molecule has 0 bridgehead atoms. The summed E-state index contributed by atoms with van der Waals surface area (Å²) in [6.07, 6.45) is 0. The van der Waals surface area contributed by atoms with Crippen molar-refractivity contribution in [3.05, 3.63) is 177 Å². The third-order valence-corrected chi connectivity index (χ3v) is 12.3. The molecule has 0 saturated carbocycles. The first-order valence-corrected chi connectivity index (χ1v) is 21.9. The van der Waals surface area contributed by atoms with Gasteiger partial charge in [0, 0.05) is 68.0 Å². The lowest BCUT2D eigenvalue weighted by atomic mass is 9.85. The van der Waals surface area contributed by atoms with E-state index in [-0.39, 0.29) is 47.0 Å². The van der Waals surface area contributed by atoms with E-state index in [0.29, 0.717) is 39.9 Å². The Morgan fingerprint density at radius 1 is 0.627 bits per heavy atom. The Kier molecular flexibility index (Phi) is 11.1. The quantitative estimate of drug-likeness (QED) is 0.113. The van der Waals surface area contributed by atoms with Crippen molar-refractivity contribution in [2.45, 2.75) is 84.9 Å². The molecule has 15 heteroatoms. The number of H-pyrrole nitrogens is 2. The maximum absolute atomic E-state index is 13.6. The van der Waals surface area contributed by atoms with Gasteiger partial charge in [0.25, 0.3) is 11.8 Å². The van der Waals surface area contributed by atoms with E-state index in [9.17, 15) is 19.5 Å². The van der Waals surface area contributed by atoms with Crippen molar-refractivity contribution in [1.29, 1.82) is 0 Å². The van der Waals surface area contributed by atoms with Gasteiger partial charge in [-0.15, -0.1) is 0 Å². The number of aryl methyl sites for hydroxylation is 2. The maximum Gasteiger partial charge on any atom is 0.358 e. The molecule has 10 rings (SSSR count). The van der Waals surface area contributed by atoms with E-state index >= 15 is 0 Å². The minimum absolute atomic E-state index is 0.125. The number of amides is 2. The van der Waals surface area contributed by atoms with Gasteiger partial charge in [-0.3, -0.25) is 29.6 Å². The average molecular weight is 899 g/mol. The molecule has 4 aromatic carbocycles. The van der Waals surface area contributed by atoms with Gasteiger partial charge in [0.1, 0.15) is 5.69 Å². The summed E-state index contributed by atoms with van der Waals surface area (Å²) >= 11 is 0. The number of aliphatic hydroxyl groups is 1. The second kappa shape index (κ2) is 16.8. The van der Waals surface area contributed by atoms with Gasteiger partial charge in [0.15, 0.2) is 28.6 Å². The van der Waals surface area contributed by atoms with Gasteiger partial charge in [-0.1, -0.05) is 100 Å². The number of carbonyl (C=O) groups excluding carboxylic acids is 2. The van der Waals surface area contributed by atoms with Gasteiger partial charge < -0.3 is 19.3 Å². The number of anilines is 2. The number of rotatable bonds is 8. The Hall–Kier alpha value is -7.91. The lowest BCUT2D eigenvalue weighted by Gasteiger charge is -2.29. The van der Waals surface area contributed by atoms with Crippen LogP contribution in [-0.4, -0.2) is 58.7 Å². The van der Waals surface area contributed by atoms with Crippen LogP contribution in [0.4, 0.5) is 11.4 Å². The molecule has 0 fully saturated rings. The Bertz CT molecular complexity index is 3160. The number of aromatic nitrogens is 6. The second-order valence-electron chi connectivity index (χ2n) is 18.9. The van der Waals surface area contributed by atoms with E-state index < -0.39 is 5.97 Å². The van der Waals surface area contributed by atoms with Crippen molar-refractivity contribution in [3.63, 3.8) is 0 Å². The Balaban J connectivity index is 0.000000168. The summed E-state index contributed by atoms with van der Waals surface area (Å²) in [5.41, 5.74) is 11.8. The van der Waals surface area contributed by atoms with Crippen LogP contribution in [0.2, 0.25) is 0 Å². The predicted molar refractivity (Wildman–Crippen MR) is 251 cm³/mol. The topological polar surface area (TPSA) is 208 Å². The van der Waals surface area contributed by atoms with Crippen molar-refractivity contribution >= 4 is 29.2 Å². The predicted octanol–water partition coefficient (Wildman–Crippen LogP) is 10.0. The van der Waals surface area contributed by atoms with Gasteiger partial charge in [-0.05, 0) is 84.6 Å². The third-order valence-electron chi connectivity index (χ3n) is 12.3. The second-order valence-corrected chi connectivity index (χ2v) is 18.9. The normalized spacial score (nSPS) is 15.7. The molecule has 6 heterocycles. The molecular weight excluding hydrogens is 849 g/mol. The van der Waals surface area contributed by atoms with Gasteiger partial charge in [0.05, 0.1) is 18.7 Å². The molecule has 2 amide bonds. The molecule has 0 radical (unpaired) electrons. The van der Waals surface area contributed by atoms with Crippen molar-refractivity contribution in [3.8, 4) is 22.6 Å². The van der Waals surface area contributed by atoms with Gasteiger partial charge in [-0.2, -0.15) is 10.2 Å². The van der Waals surface area contributed by atoms with E-state index in [0.717, 1.165) is 56.0 Å². The lowest BCUT2D eigenvalue weighted by molar-refractivity contribution is 0.0685. The lowest BCUT2D eigenvalue weighted by Crippen LogP contribution is -2.30. The fourth-order valence-corrected chi connectivity index (χ4v) is 8.94. The number of aromatic carboxylic acids is 1. The number of nitrogens with zero attached hydrogens (tertiary/aromatic N) is 6. The summed E-state index contributed by atoms with van der Waals surface area (Å²) in [6.45, 7) is 16.6. The highest BCUT2D eigenvalue weighted by Gasteiger charge is 2.47. The summed E-state index contributed by atoms with van der Waals surface area (Å²) in [4.78, 5) is 41.9. The number of fused-ring (bicyclic) bond motifs is 2. The third kappa shape index (κ3) is 7.90. The first-order valence-electron chi connectivity index (χ1n) is 21.9. The molecule has 15 nitrogen and oxygen atoms in total. The van der Waals surface area contributed by atoms with Crippen molar-refractivity contribution in [2.24, 2.45) is 0 Å². The number of carbonyl (C=O) groups is 3. The highest BCUT2D eigenvalue weighted by Crippen LogP contribution is 2.48.